The molecule has 0 radical (unpaired) electrons. The van der Waals surface area contributed by atoms with Crippen molar-refractivity contribution in [3.8, 4) is 17.2 Å². The van der Waals surface area contributed by atoms with Crippen molar-refractivity contribution < 1.29 is 13.9 Å². The van der Waals surface area contributed by atoms with Crippen LogP contribution in [0.1, 0.15) is 18.1 Å². The average molecular weight is 446 g/mol. The van der Waals surface area contributed by atoms with Crippen molar-refractivity contribution >= 4 is 29.3 Å². The summed E-state index contributed by atoms with van der Waals surface area (Å²) in [5.74, 6) is 1.13. The number of aromatic nitrogens is 2. The summed E-state index contributed by atoms with van der Waals surface area (Å²) >= 11 is 7.11. The Morgan fingerprint density at radius 3 is 2.50 bits per heavy atom. The second kappa shape index (κ2) is 10.00. The topological polar surface area (TPSA) is 68.5 Å². The van der Waals surface area contributed by atoms with Gasteiger partial charge in [0.05, 0.1) is 11.8 Å². The van der Waals surface area contributed by atoms with Crippen molar-refractivity contribution in [3.63, 3.8) is 0 Å². The first-order valence-electron chi connectivity index (χ1n) is 9.54. The third-order valence-electron chi connectivity index (χ3n) is 4.39. The van der Waals surface area contributed by atoms with Crippen molar-refractivity contribution in [2.45, 2.75) is 31.2 Å². The number of likely N-dealkylation sites (N-methyl/N-ethyl adjacent to an activating group) is 1. The third kappa shape index (κ3) is 6.00. The van der Waals surface area contributed by atoms with Gasteiger partial charge in [-0.25, -0.2) is 0 Å². The van der Waals surface area contributed by atoms with Crippen LogP contribution in [0.2, 0.25) is 5.02 Å². The van der Waals surface area contributed by atoms with Crippen LogP contribution >= 0.6 is 23.4 Å². The van der Waals surface area contributed by atoms with Crippen LogP contribution in [0.15, 0.2) is 52.1 Å². The third-order valence-corrected chi connectivity index (χ3v) is 5.56. The van der Waals surface area contributed by atoms with E-state index in [9.17, 15) is 4.79 Å². The van der Waals surface area contributed by atoms with E-state index in [4.69, 9.17) is 20.8 Å². The highest BCUT2D eigenvalue weighted by Gasteiger charge is 2.22. The number of ether oxygens (including phenoxy) is 1. The van der Waals surface area contributed by atoms with Crippen LogP contribution in [0.3, 0.4) is 0 Å². The van der Waals surface area contributed by atoms with Crippen molar-refractivity contribution in [2.75, 3.05) is 20.2 Å². The van der Waals surface area contributed by atoms with E-state index >= 15 is 0 Å². The minimum atomic E-state index is -0.363. The zero-order valence-corrected chi connectivity index (χ0v) is 19.0. The molecule has 0 aliphatic rings. The van der Waals surface area contributed by atoms with E-state index in [-0.39, 0.29) is 11.2 Å². The summed E-state index contributed by atoms with van der Waals surface area (Å²) in [6.45, 7) is 6.72. The van der Waals surface area contributed by atoms with Gasteiger partial charge in [-0.05, 0) is 57.2 Å². The molecule has 1 atom stereocenters. The highest BCUT2D eigenvalue weighted by Crippen LogP contribution is 2.28. The molecule has 3 aromatic rings. The van der Waals surface area contributed by atoms with Gasteiger partial charge in [-0.15, -0.1) is 10.2 Å². The summed E-state index contributed by atoms with van der Waals surface area (Å²) in [5.41, 5.74) is 3.13. The molecular weight excluding hydrogens is 422 g/mol. The molecule has 0 aliphatic carbocycles. The van der Waals surface area contributed by atoms with Crippen molar-refractivity contribution in [1.29, 1.82) is 0 Å². The molecule has 0 saturated carbocycles. The molecule has 2 aromatic carbocycles. The average Bonchev–Trinajstić information content (AvgIpc) is 3.16. The molecule has 8 heteroatoms. The molecule has 0 N–H and O–H groups in total. The zero-order valence-electron chi connectivity index (χ0n) is 17.4. The van der Waals surface area contributed by atoms with E-state index in [1.165, 1.54) is 11.8 Å². The lowest BCUT2D eigenvalue weighted by molar-refractivity contribution is -0.129. The van der Waals surface area contributed by atoms with Crippen molar-refractivity contribution in [1.82, 2.24) is 15.1 Å². The summed E-state index contributed by atoms with van der Waals surface area (Å²) in [6.07, 6.45) is 0. The van der Waals surface area contributed by atoms with Gasteiger partial charge in [0.15, 0.2) is 0 Å². The van der Waals surface area contributed by atoms with Crippen molar-refractivity contribution in [3.05, 3.63) is 58.6 Å². The number of halogens is 1. The number of nitrogens with zero attached hydrogens (tertiary/aromatic N) is 3. The number of rotatable bonds is 8. The standard InChI is InChI=1S/C22H24ClN3O3S/c1-14-11-15(2)13-17(12-14)20-24-25-22(29-20)30-16(3)21(27)26(4)9-10-28-19-7-5-18(23)6-8-19/h5-8,11-13,16H,9-10H2,1-4H3. The van der Waals surface area contributed by atoms with Crippen molar-refractivity contribution in [2.24, 2.45) is 0 Å². The number of thioether (sulfide) groups is 1. The van der Waals surface area contributed by atoms with E-state index in [2.05, 4.69) is 16.3 Å². The first kappa shape index (κ1) is 22.2. The Balaban J connectivity index is 1.52. The Kier molecular flexibility index (Phi) is 7.39. The lowest BCUT2D eigenvalue weighted by atomic mass is 10.1. The van der Waals surface area contributed by atoms with Crippen LogP contribution in [-0.4, -0.2) is 46.5 Å². The number of benzene rings is 2. The summed E-state index contributed by atoms with van der Waals surface area (Å²) in [7, 11) is 1.75. The van der Waals surface area contributed by atoms with Crippen LogP contribution in [0, 0.1) is 13.8 Å². The second-order valence-electron chi connectivity index (χ2n) is 7.07. The number of carbonyl (C=O) groups excluding carboxylic acids is 1. The lowest BCUT2D eigenvalue weighted by Gasteiger charge is -2.20. The number of amides is 1. The lowest BCUT2D eigenvalue weighted by Crippen LogP contribution is -2.36. The zero-order chi connectivity index (χ0) is 21.7. The Morgan fingerprint density at radius 1 is 1.17 bits per heavy atom. The molecule has 1 aromatic heterocycles. The van der Waals surface area contributed by atoms with E-state index < -0.39 is 0 Å². The number of hydrogen-bond acceptors (Lipinski definition) is 6. The molecule has 1 unspecified atom stereocenters. The summed E-state index contributed by atoms with van der Waals surface area (Å²) in [5, 5.41) is 8.87. The normalized spacial score (nSPS) is 11.9. The van der Waals surface area contributed by atoms with Gasteiger partial charge >= 0.3 is 0 Å². The molecule has 0 fully saturated rings. The largest absolute Gasteiger partial charge is 0.492 e. The highest BCUT2D eigenvalue weighted by molar-refractivity contribution is 8.00. The number of hydrogen-bond donors (Lipinski definition) is 0. The molecule has 6 nitrogen and oxygen atoms in total. The van der Waals surface area contributed by atoms with E-state index in [0.29, 0.717) is 35.0 Å². The van der Waals surface area contributed by atoms with E-state index in [0.717, 1.165) is 16.7 Å². The molecule has 0 bridgehead atoms. The summed E-state index contributed by atoms with van der Waals surface area (Å²) in [6, 6.07) is 13.2. The molecule has 1 heterocycles. The Bertz CT molecular complexity index is 987. The van der Waals surface area contributed by atoms with Crippen LogP contribution in [-0.2, 0) is 4.79 Å². The molecular formula is C22H24ClN3O3S. The SMILES string of the molecule is Cc1cc(C)cc(-c2nnc(SC(C)C(=O)N(C)CCOc3ccc(Cl)cc3)o2)c1. The minimum Gasteiger partial charge on any atom is -0.492 e. The van der Waals surface area contributed by atoms with Crippen LogP contribution in [0.25, 0.3) is 11.5 Å². The smallest absolute Gasteiger partial charge is 0.277 e. The fraction of sp³-hybridized carbons (Fsp3) is 0.318. The second-order valence-corrected chi connectivity index (χ2v) is 8.80. The number of aryl methyl sites for hydroxylation is 2. The summed E-state index contributed by atoms with van der Waals surface area (Å²) < 4.78 is 11.4. The maximum Gasteiger partial charge on any atom is 0.277 e. The van der Waals surface area contributed by atoms with E-state index in [1.54, 1.807) is 36.2 Å². The van der Waals surface area contributed by atoms with Gasteiger partial charge in [-0.1, -0.05) is 40.6 Å². The molecule has 0 saturated heterocycles. The number of carbonyl (C=O) groups is 1. The molecule has 1 amide bonds. The molecule has 30 heavy (non-hydrogen) atoms. The quantitative estimate of drug-likeness (QED) is 0.453. The fourth-order valence-electron chi connectivity index (χ4n) is 2.93. The van der Waals surface area contributed by atoms with Gasteiger partial charge in [-0.3, -0.25) is 4.79 Å². The predicted octanol–water partition coefficient (Wildman–Crippen LogP) is 5.02. The maximum atomic E-state index is 12.6. The van der Waals surface area contributed by atoms with Gasteiger partial charge in [0.2, 0.25) is 11.8 Å². The fourth-order valence-corrected chi connectivity index (χ4v) is 3.85. The molecule has 3 rings (SSSR count). The van der Waals surface area contributed by atoms with Gasteiger partial charge < -0.3 is 14.1 Å². The van der Waals surface area contributed by atoms with Gasteiger partial charge in [-0.2, -0.15) is 0 Å². The Labute approximate surface area is 185 Å². The molecule has 158 valence electrons. The van der Waals surface area contributed by atoms with Gasteiger partial charge in [0.25, 0.3) is 5.22 Å². The van der Waals surface area contributed by atoms with Crippen LogP contribution in [0.5, 0.6) is 5.75 Å². The highest BCUT2D eigenvalue weighted by atomic mass is 35.5. The summed E-state index contributed by atoms with van der Waals surface area (Å²) in [4.78, 5) is 14.3. The Morgan fingerprint density at radius 2 is 1.83 bits per heavy atom. The maximum absolute atomic E-state index is 12.6. The molecule has 0 spiro atoms. The molecule has 0 aliphatic heterocycles. The minimum absolute atomic E-state index is 0.0362. The van der Waals surface area contributed by atoms with E-state index in [1.807, 2.05) is 32.9 Å². The predicted molar refractivity (Wildman–Crippen MR) is 119 cm³/mol. The van der Waals surface area contributed by atoms with Crippen LogP contribution < -0.4 is 4.74 Å². The first-order chi connectivity index (χ1) is 14.3. The first-order valence-corrected chi connectivity index (χ1v) is 10.8. The van der Waals surface area contributed by atoms with Gasteiger partial charge in [0.1, 0.15) is 12.4 Å². The van der Waals surface area contributed by atoms with Gasteiger partial charge in [0, 0.05) is 17.6 Å². The Hall–Kier alpha value is -2.51. The van der Waals surface area contributed by atoms with Crippen LogP contribution in [0.4, 0.5) is 0 Å². The monoisotopic (exact) mass is 445 g/mol.